The zero-order chi connectivity index (χ0) is 14.4. The zero-order valence-electron chi connectivity index (χ0n) is 10.9. The Morgan fingerprint density at radius 2 is 1.80 bits per heavy atom. The first-order valence-electron chi connectivity index (χ1n) is 6.35. The second-order valence-electron chi connectivity index (χ2n) is 4.46. The standard InChI is InChI=1S/C16H15ClN2O/c17-16-9-15(6-5-14(16)10-18)19-8-7-12-1-3-13(11-20)4-2-12/h1-6,9,19-20H,7-8,11H2. The van der Waals surface area contributed by atoms with Crippen LogP contribution in [0.2, 0.25) is 5.02 Å². The molecule has 2 rings (SSSR count). The summed E-state index contributed by atoms with van der Waals surface area (Å²) in [5.41, 5.74) is 3.51. The molecule has 0 bridgehead atoms. The van der Waals surface area contributed by atoms with Crippen molar-refractivity contribution >= 4 is 17.3 Å². The van der Waals surface area contributed by atoms with E-state index in [-0.39, 0.29) is 6.61 Å². The summed E-state index contributed by atoms with van der Waals surface area (Å²) in [6, 6.07) is 15.2. The first-order valence-corrected chi connectivity index (χ1v) is 6.73. The fraction of sp³-hybridized carbons (Fsp3) is 0.188. The Kier molecular flexibility index (Phi) is 5.00. The summed E-state index contributed by atoms with van der Waals surface area (Å²) >= 11 is 5.97. The summed E-state index contributed by atoms with van der Waals surface area (Å²) in [7, 11) is 0. The van der Waals surface area contributed by atoms with E-state index in [4.69, 9.17) is 22.0 Å². The Balaban J connectivity index is 1.89. The molecule has 20 heavy (non-hydrogen) atoms. The minimum absolute atomic E-state index is 0.0717. The molecule has 0 aliphatic rings. The van der Waals surface area contributed by atoms with E-state index in [0.29, 0.717) is 10.6 Å². The van der Waals surface area contributed by atoms with E-state index in [2.05, 4.69) is 5.32 Å². The van der Waals surface area contributed by atoms with Gasteiger partial charge in [-0.15, -0.1) is 0 Å². The Hall–Kier alpha value is -2.02. The number of rotatable bonds is 5. The van der Waals surface area contributed by atoms with E-state index in [9.17, 15) is 0 Å². The molecule has 0 spiro atoms. The van der Waals surface area contributed by atoms with Gasteiger partial charge in [0.25, 0.3) is 0 Å². The number of hydrogen-bond donors (Lipinski definition) is 2. The highest BCUT2D eigenvalue weighted by molar-refractivity contribution is 6.32. The normalized spacial score (nSPS) is 10.1. The van der Waals surface area contributed by atoms with Gasteiger partial charge in [0.05, 0.1) is 17.2 Å². The number of nitriles is 1. The Bertz CT molecular complexity index is 617. The van der Waals surface area contributed by atoms with Crippen LogP contribution < -0.4 is 5.32 Å². The van der Waals surface area contributed by atoms with E-state index in [1.807, 2.05) is 36.4 Å². The van der Waals surface area contributed by atoms with Crippen LogP contribution >= 0.6 is 11.6 Å². The molecule has 0 atom stereocenters. The monoisotopic (exact) mass is 286 g/mol. The van der Waals surface area contributed by atoms with Crippen molar-refractivity contribution in [3.8, 4) is 6.07 Å². The van der Waals surface area contributed by atoms with E-state index >= 15 is 0 Å². The third-order valence-electron chi connectivity index (χ3n) is 3.04. The van der Waals surface area contributed by atoms with Crippen molar-refractivity contribution in [3.63, 3.8) is 0 Å². The van der Waals surface area contributed by atoms with Crippen LogP contribution in [-0.4, -0.2) is 11.7 Å². The van der Waals surface area contributed by atoms with Gasteiger partial charge in [-0.25, -0.2) is 0 Å². The Morgan fingerprint density at radius 1 is 1.10 bits per heavy atom. The minimum Gasteiger partial charge on any atom is -0.392 e. The summed E-state index contributed by atoms with van der Waals surface area (Å²) in [5, 5.41) is 21.5. The molecule has 2 aromatic carbocycles. The first kappa shape index (κ1) is 14.4. The van der Waals surface area contributed by atoms with Crippen LogP contribution in [0.4, 0.5) is 5.69 Å². The van der Waals surface area contributed by atoms with Crippen molar-refractivity contribution in [3.05, 3.63) is 64.2 Å². The fourth-order valence-corrected chi connectivity index (χ4v) is 2.10. The van der Waals surface area contributed by atoms with Gasteiger partial charge in [0.15, 0.2) is 0 Å². The average Bonchev–Trinajstić information content (AvgIpc) is 2.48. The highest BCUT2D eigenvalue weighted by Crippen LogP contribution is 2.20. The summed E-state index contributed by atoms with van der Waals surface area (Å²) < 4.78 is 0. The number of benzene rings is 2. The molecule has 4 heteroatoms. The molecular weight excluding hydrogens is 272 g/mol. The third-order valence-corrected chi connectivity index (χ3v) is 3.35. The quantitative estimate of drug-likeness (QED) is 0.886. The number of hydrogen-bond acceptors (Lipinski definition) is 3. The van der Waals surface area contributed by atoms with Crippen molar-refractivity contribution in [2.75, 3.05) is 11.9 Å². The molecular formula is C16H15ClN2O. The number of nitrogens with zero attached hydrogens (tertiary/aromatic N) is 1. The van der Waals surface area contributed by atoms with Gasteiger partial charge in [-0.3, -0.25) is 0 Å². The maximum atomic E-state index is 8.97. The maximum absolute atomic E-state index is 8.97. The molecule has 2 aromatic rings. The highest BCUT2D eigenvalue weighted by Gasteiger charge is 2.01. The molecule has 102 valence electrons. The summed E-state index contributed by atoms with van der Waals surface area (Å²) in [6.45, 7) is 0.850. The van der Waals surface area contributed by atoms with Crippen LogP contribution in [0.5, 0.6) is 0 Å². The van der Waals surface area contributed by atoms with Gasteiger partial charge in [-0.1, -0.05) is 35.9 Å². The molecule has 3 nitrogen and oxygen atoms in total. The molecule has 0 aliphatic carbocycles. The van der Waals surface area contributed by atoms with Gasteiger partial charge in [0.2, 0.25) is 0 Å². The van der Waals surface area contributed by atoms with Crippen LogP contribution in [0.25, 0.3) is 0 Å². The van der Waals surface area contributed by atoms with Crippen molar-refractivity contribution in [1.82, 2.24) is 0 Å². The van der Waals surface area contributed by atoms with Crippen LogP contribution in [0.15, 0.2) is 42.5 Å². The van der Waals surface area contributed by atoms with Gasteiger partial charge in [-0.2, -0.15) is 5.26 Å². The Labute approximate surface area is 123 Å². The first-order chi connectivity index (χ1) is 9.72. The topological polar surface area (TPSA) is 56.0 Å². The van der Waals surface area contributed by atoms with Crippen LogP contribution in [0.1, 0.15) is 16.7 Å². The average molecular weight is 287 g/mol. The molecule has 0 heterocycles. The third kappa shape index (κ3) is 3.74. The van der Waals surface area contributed by atoms with Crippen LogP contribution in [-0.2, 0) is 13.0 Å². The van der Waals surface area contributed by atoms with Gasteiger partial charge in [0.1, 0.15) is 6.07 Å². The lowest BCUT2D eigenvalue weighted by Crippen LogP contribution is -2.05. The van der Waals surface area contributed by atoms with E-state index in [1.165, 1.54) is 5.56 Å². The summed E-state index contributed by atoms with van der Waals surface area (Å²) in [6.07, 6.45) is 0.878. The predicted octanol–water partition coefficient (Wildman–Crippen LogP) is 3.36. The van der Waals surface area contributed by atoms with Crippen molar-refractivity contribution < 1.29 is 5.11 Å². The number of halogens is 1. The van der Waals surface area contributed by atoms with Gasteiger partial charge >= 0.3 is 0 Å². The van der Waals surface area contributed by atoms with Crippen LogP contribution in [0, 0.1) is 11.3 Å². The molecule has 0 saturated carbocycles. The van der Waals surface area contributed by atoms with Crippen LogP contribution in [0.3, 0.4) is 0 Å². The lowest BCUT2D eigenvalue weighted by molar-refractivity contribution is 0.282. The molecule has 0 radical (unpaired) electrons. The SMILES string of the molecule is N#Cc1ccc(NCCc2ccc(CO)cc2)cc1Cl. The molecule has 0 saturated heterocycles. The van der Waals surface area contributed by atoms with Crippen molar-refractivity contribution in [2.45, 2.75) is 13.0 Å². The molecule has 2 N–H and O–H groups in total. The van der Waals surface area contributed by atoms with E-state index in [1.54, 1.807) is 12.1 Å². The summed E-state index contributed by atoms with van der Waals surface area (Å²) in [5.74, 6) is 0. The van der Waals surface area contributed by atoms with Gasteiger partial charge < -0.3 is 10.4 Å². The lowest BCUT2D eigenvalue weighted by Gasteiger charge is -2.08. The largest absolute Gasteiger partial charge is 0.392 e. The summed E-state index contributed by atoms with van der Waals surface area (Å²) in [4.78, 5) is 0. The smallest absolute Gasteiger partial charge is 0.101 e. The lowest BCUT2D eigenvalue weighted by atomic mass is 10.1. The Morgan fingerprint density at radius 3 is 2.40 bits per heavy atom. The minimum atomic E-state index is 0.0717. The predicted molar refractivity (Wildman–Crippen MR) is 80.7 cm³/mol. The molecule has 0 unspecified atom stereocenters. The second kappa shape index (κ2) is 6.95. The molecule has 0 aliphatic heterocycles. The maximum Gasteiger partial charge on any atom is 0.101 e. The number of nitrogens with one attached hydrogen (secondary N) is 1. The van der Waals surface area contributed by atoms with Crippen molar-refractivity contribution in [2.24, 2.45) is 0 Å². The van der Waals surface area contributed by atoms with Gasteiger partial charge in [0, 0.05) is 12.2 Å². The number of aliphatic hydroxyl groups is 1. The second-order valence-corrected chi connectivity index (χ2v) is 4.87. The number of anilines is 1. The molecule has 0 aromatic heterocycles. The van der Waals surface area contributed by atoms with Crippen molar-refractivity contribution in [1.29, 1.82) is 5.26 Å². The highest BCUT2D eigenvalue weighted by atomic mass is 35.5. The zero-order valence-corrected chi connectivity index (χ0v) is 11.7. The fourth-order valence-electron chi connectivity index (χ4n) is 1.88. The molecule has 0 amide bonds. The number of aliphatic hydroxyl groups excluding tert-OH is 1. The van der Waals surface area contributed by atoms with E-state index in [0.717, 1.165) is 24.2 Å². The van der Waals surface area contributed by atoms with Gasteiger partial charge in [-0.05, 0) is 35.7 Å². The molecule has 0 fully saturated rings. The van der Waals surface area contributed by atoms with E-state index < -0.39 is 0 Å².